The summed E-state index contributed by atoms with van der Waals surface area (Å²) in [5.41, 5.74) is 0. The normalized spacial score (nSPS) is 12.6. The summed E-state index contributed by atoms with van der Waals surface area (Å²) >= 11 is 0. The fraction of sp³-hybridized carbons (Fsp3) is 0.893. The second-order valence-electron chi connectivity index (χ2n) is 9.51. The number of carbonyl (C=O) groups is 1. The Morgan fingerprint density at radius 3 is 1.69 bits per heavy atom. The van der Waals surface area contributed by atoms with Gasteiger partial charge in [-0.3, -0.25) is 4.79 Å². The molecule has 35 heavy (non-hydrogen) atoms. The van der Waals surface area contributed by atoms with Gasteiger partial charge in [-0.15, -0.1) is 0 Å². The number of hydrogen-bond acceptors (Lipinski definition) is 7. The molecule has 0 heterocycles. The smallest absolute Gasteiger partial charge is 0.305 e. The van der Waals surface area contributed by atoms with Crippen LogP contribution < -0.4 is 0 Å². The van der Waals surface area contributed by atoms with Gasteiger partial charge in [0.1, 0.15) is 6.79 Å². The Kier molecular flexibility index (Phi) is 26.8. The van der Waals surface area contributed by atoms with E-state index in [1.54, 1.807) is 0 Å². The third-order valence-corrected chi connectivity index (χ3v) is 6.02. The standard InChI is InChI=1S/C28H54O7/c1-2-3-4-5-6-7-8-9-10-11-12-13-14-15-16-17-18-28(32)35-24-27(21-31)23-34-25-33-22-26(19-29)20-30/h10-11,26-27,29-31H,2-9,12-25H2,1H3. The van der Waals surface area contributed by atoms with Crippen molar-refractivity contribution >= 4 is 5.97 Å². The van der Waals surface area contributed by atoms with E-state index in [-0.39, 0.29) is 64.2 Å². The van der Waals surface area contributed by atoms with Crippen molar-refractivity contribution in [2.45, 2.75) is 103 Å². The molecule has 0 aromatic rings. The quantitative estimate of drug-likeness (QED) is 0.0617. The monoisotopic (exact) mass is 502 g/mol. The van der Waals surface area contributed by atoms with Crippen LogP contribution in [-0.2, 0) is 19.0 Å². The molecule has 0 amide bonds. The van der Waals surface area contributed by atoms with Crippen molar-refractivity contribution in [1.82, 2.24) is 0 Å². The van der Waals surface area contributed by atoms with Gasteiger partial charge in [0.2, 0.25) is 0 Å². The van der Waals surface area contributed by atoms with E-state index < -0.39 is 0 Å². The molecule has 0 fully saturated rings. The van der Waals surface area contributed by atoms with Crippen LogP contribution >= 0.6 is 0 Å². The number of ether oxygens (including phenoxy) is 3. The molecule has 0 saturated heterocycles. The van der Waals surface area contributed by atoms with Gasteiger partial charge in [-0.1, -0.05) is 76.9 Å². The lowest BCUT2D eigenvalue weighted by Crippen LogP contribution is -2.24. The molecule has 0 rings (SSSR count). The Labute approximate surface area is 214 Å². The third kappa shape index (κ3) is 24.5. The van der Waals surface area contributed by atoms with Crippen LogP contribution in [0.25, 0.3) is 0 Å². The average Bonchev–Trinajstić information content (AvgIpc) is 2.87. The maximum absolute atomic E-state index is 11.9. The Balaban J connectivity index is 3.49. The number of rotatable bonds is 27. The summed E-state index contributed by atoms with van der Waals surface area (Å²) in [7, 11) is 0. The van der Waals surface area contributed by atoms with E-state index >= 15 is 0 Å². The second kappa shape index (κ2) is 27.6. The summed E-state index contributed by atoms with van der Waals surface area (Å²) in [4.78, 5) is 11.9. The first-order valence-corrected chi connectivity index (χ1v) is 14.0. The van der Waals surface area contributed by atoms with Crippen LogP contribution in [0.4, 0.5) is 0 Å². The van der Waals surface area contributed by atoms with Crippen LogP contribution in [0.5, 0.6) is 0 Å². The molecule has 7 nitrogen and oxygen atoms in total. The van der Waals surface area contributed by atoms with E-state index in [0.717, 1.165) is 25.7 Å². The summed E-state index contributed by atoms with van der Waals surface area (Å²) in [6.07, 6.45) is 22.4. The van der Waals surface area contributed by atoms with Gasteiger partial charge in [0.25, 0.3) is 0 Å². The van der Waals surface area contributed by atoms with E-state index in [2.05, 4.69) is 19.1 Å². The van der Waals surface area contributed by atoms with Crippen LogP contribution in [0.3, 0.4) is 0 Å². The highest BCUT2D eigenvalue weighted by atomic mass is 16.7. The maximum Gasteiger partial charge on any atom is 0.305 e. The molecule has 1 atom stereocenters. The van der Waals surface area contributed by atoms with E-state index in [9.17, 15) is 9.90 Å². The van der Waals surface area contributed by atoms with Crippen molar-refractivity contribution in [3.63, 3.8) is 0 Å². The second-order valence-corrected chi connectivity index (χ2v) is 9.51. The molecule has 0 aromatic carbocycles. The first kappa shape index (κ1) is 34.0. The first-order chi connectivity index (χ1) is 17.2. The summed E-state index contributed by atoms with van der Waals surface area (Å²) in [5, 5.41) is 27.3. The Bertz CT molecular complexity index is 466. The van der Waals surface area contributed by atoms with Gasteiger partial charge in [0.05, 0.1) is 39.6 Å². The van der Waals surface area contributed by atoms with E-state index in [4.69, 9.17) is 24.4 Å². The predicted molar refractivity (Wildman–Crippen MR) is 140 cm³/mol. The van der Waals surface area contributed by atoms with Crippen molar-refractivity contribution in [3.05, 3.63) is 12.2 Å². The molecule has 0 aliphatic rings. The van der Waals surface area contributed by atoms with Crippen molar-refractivity contribution in [1.29, 1.82) is 0 Å². The van der Waals surface area contributed by atoms with E-state index in [1.807, 2.05) is 0 Å². The zero-order valence-corrected chi connectivity index (χ0v) is 22.3. The Morgan fingerprint density at radius 1 is 0.657 bits per heavy atom. The summed E-state index contributed by atoms with van der Waals surface area (Å²) < 4.78 is 15.8. The van der Waals surface area contributed by atoms with Crippen molar-refractivity contribution in [3.8, 4) is 0 Å². The fourth-order valence-electron chi connectivity index (χ4n) is 3.60. The van der Waals surface area contributed by atoms with Gasteiger partial charge in [-0.2, -0.15) is 0 Å². The lowest BCUT2D eigenvalue weighted by atomic mass is 10.1. The zero-order chi connectivity index (χ0) is 25.8. The molecular weight excluding hydrogens is 448 g/mol. The number of allylic oxidation sites excluding steroid dienone is 2. The molecule has 0 spiro atoms. The lowest BCUT2D eigenvalue weighted by molar-refractivity contribution is -0.147. The van der Waals surface area contributed by atoms with Crippen molar-refractivity contribution in [2.24, 2.45) is 11.8 Å². The molecular formula is C28H54O7. The molecule has 0 aliphatic carbocycles. The highest BCUT2D eigenvalue weighted by Gasteiger charge is 2.12. The fourth-order valence-corrected chi connectivity index (χ4v) is 3.60. The van der Waals surface area contributed by atoms with Crippen LogP contribution in [-0.4, -0.2) is 67.7 Å². The van der Waals surface area contributed by atoms with Gasteiger partial charge >= 0.3 is 5.97 Å². The number of aliphatic hydroxyl groups is 3. The average molecular weight is 503 g/mol. The largest absolute Gasteiger partial charge is 0.465 e. The van der Waals surface area contributed by atoms with E-state index in [1.165, 1.54) is 64.2 Å². The highest BCUT2D eigenvalue weighted by molar-refractivity contribution is 5.69. The number of hydrogen-bond donors (Lipinski definition) is 3. The number of aliphatic hydroxyl groups excluding tert-OH is 3. The summed E-state index contributed by atoms with van der Waals surface area (Å²) in [6, 6.07) is 0. The maximum atomic E-state index is 11.9. The summed E-state index contributed by atoms with van der Waals surface area (Å²) in [5.74, 6) is -0.857. The minimum absolute atomic E-state index is 0.00404. The third-order valence-electron chi connectivity index (χ3n) is 6.02. The Hall–Kier alpha value is -0.990. The Morgan fingerprint density at radius 2 is 1.14 bits per heavy atom. The van der Waals surface area contributed by atoms with E-state index in [0.29, 0.717) is 6.42 Å². The molecule has 0 bridgehead atoms. The van der Waals surface area contributed by atoms with Crippen molar-refractivity contribution < 1.29 is 34.3 Å². The SMILES string of the molecule is CCCCCCCCCC=CCCCCCCCC(=O)OCC(CO)COCOCC(CO)CO. The minimum Gasteiger partial charge on any atom is -0.465 e. The van der Waals surface area contributed by atoms with Gasteiger partial charge in [0, 0.05) is 18.3 Å². The molecule has 208 valence electrons. The van der Waals surface area contributed by atoms with Gasteiger partial charge < -0.3 is 29.5 Å². The van der Waals surface area contributed by atoms with Crippen LogP contribution in [0.15, 0.2) is 12.2 Å². The molecule has 0 aliphatic heterocycles. The number of carbonyl (C=O) groups excluding carboxylic acids is 1. The molecule has 0 aromatic heterocycles. The summed E-state index contributed by atoms with van der Waals surface area (Å²) in [6.45, 7) is 2.34. The molecule has 1 unspecified atom stereocenters. The van der Waals surface area contributed by atoms with Gasteiger partial charge in [-0.25, -0.2) is 0 Å². The first-order valence-electron chi connectivity index (χ1n) is 14.0. The molecule has 0 radical (unpaired) electrons. The van der Waals surface area contributed by atoms with Gasteiger partial charge in [-0.05, 0) is 32.1 Å². The molecule has 0 saturated carbocycles. The topological polar surface area (TPSA) is 105 Å². The number of unbranched alkanes of at least 4 members (excludes halogenated alkanes) is 12. The van der Waals surface area contributed by atoms with Gasteiger partial charge in [0.15, 0.2) is 0 Å². The molecule has 3 N–H and O–H groups in total. The van der Waals surface area contributed by atoms with Crippen LogP contribution in [0.2, 0.25) is 0 Å². The zero-order valence-electron chi connectivity index (χ0n) is 22.3. The highest BCUT2D eigenvalue weighted by Crippen LogP contribution is 2.11. The number of esters is 1. The minimum atomic E-state index is -0.324. The predicted octanol–water partition coefficient (Wildman–Crippen LogP) is 5.16. The van der Waals surface area contributed by atoms with Crippen LogP contribution in [0, 0.1) is 11.8 Å². The van der Waals surface area contributed by atoms with Crippen molar-refractivity contribution in [2.75, 3.05) is 46.4 Å². The molecule has 7 heteroatoms. The lowest BCUT2D eigenvalue weighted by Gasteiger charge is -2.16. The van der Waals surface area contributed by atoms with Crippen LogP contribution in [0.1, 0.15) is 103 Å².